The number of rotatable bonds is 36. The molecule has 0 radical (unpaired) electrons. The number of aromatic nitrogens is 4. The van der Waals surface area contributed by atoms with Gasteiger partial charge in [0.2, 0.25) is 17.7 Å². The SMILES string of the molecule is Br.CCc1csc([C@@H](N)Cc2ccc([N+](=O)[O-])cc2)n1.CCc1csc([C@H](Cc2ccc(NS(=O)(=O)O)cc2)NC(=O)C(Cc2ccccc2)c2ccccc2)n1.CCc1csc([C@H](Cc2ccc([N+](=O)[O-])cc2)NC(=O)C(Cc2ccccc2)c2ccccc2)n1.CCc1csc([C@H](Cc2ccc([N+](=O)[O-])cc2)NC(=O)C(Cc2ccccc2)c2ccccc2)n1. The van der Waals surface area contributed by atoms with Gasteiger partial charge in [0.25, 0.3) is 17.1 Å². The van der Waals surface area contributed by atoms with E-state index in [0.29, 0.717) is 44.9 Å². The van der Waals surface area contributed by atoms with Crippen LogP contribution in [0, 0.1) is 30.3 Å². The van der Waals surface area contributed by atoms with Crippen LogP contribution in [0.15, 0.2) is 301 Å². The van der Waals surface area contributed by atoms with E-state index in [2.05, 4.69) is 27.9 Å². The Hall–Kier alpha value is -12.5. The fourth-order valence-corrected chi connectivity index (χ4v) is 18.1. The monoisotopic (exact) mass is 1860 g/mol. The van der Waals surface area contributed by atoms with Crippen molar-refractivity contribution in [2.45, 2.75) is 140 Å². The number of thiazole rings is 4. The Labute approximate surface area is 765 Å². The highest BCUT2D eigenvalue weighted by atomic mass is 79.9. The molecule has 30 heteroatoms. The maximum absolute atomic E-state index is 13.8. The van der Waals surface area contributed by atoms with Crippen molar-refractivity contribution in [2.24, 2.45) is 5.73 Å². The first-order chi connectivity index (χ1) is 61.0. The highest BCUT2D eigenvalue weighted by molar-refractivity contribution is 8.93. The van der Waals surface area contributed by atoms with Gasteiger partial charge in [-0.15, -0.1) is 62.3 Å². The zero-order valence-electron chi connectivity index (χ0n) is 70.3. The number of anilines is 1. The molecule has 4 heterocycles. The van der Waals surface area contributed by atoms with Gasteiger partial charge >= 0.3 is 10.3 Å². The van der Waals surface area contributed by atoms with E-state index in [0.717, 1.165) is 124 Å². The van der Waals surface area contributed by atoms with Crippen LogP contribution >= 0.6 is 62.3 Å². The normalized spacial score (nSPS) is 12.6. The van der Waals surface area contributed by atoms with Crippen LogP contribution in [-0.4, -0.2) is 65.4 Å². The molecule has 7 N–H and O–H groups in total. The van der Waals surface area contributed by atoms with Gasteiger partial charge in [-0.1, -0.05) is 258 Å². The van der Waals surface area contributed by atoms with Crippen LogP contribution in [0.5, 0.6) is 0 Å². The molecule has 0 aliphatic rings. The van der Waals surface area contributed by atoms with Gasteiger partial charge in [0.05, 0.1) is 85.2 Å². The fourth-order valence-electron chi connectivity index (χ4n) is 13.9. The van der Waals surface area contributed by atoms with Gasteiger partial charge in [-0.25, -0.2) is 19.9 Å². The molecule has 3 unspecified atom stereocenters. The molecule has 0 saturated carbocycles. The van der Waals surface area contributed by atoms with E-state index in [9.17, 15) is 53.1 Å². The number of nitro benzene ring substituents is 3. The smallest absolute Gasteiger partial charge is 0.346 e. The third-order valence-corrected chi connectivity index (χ3v) is 25.2. The number of halogens is 1. The summed E-state index contributed by atoms with van der Waals surface area (Å²) in [5, 5.41) is 53.8. The number of amides is 3. The van der Waals surface area contributed by atoms with Crippen LogP contribution in [0.25, 0.3) is 0 Å². The van der Waals surface area contributed by atoms with Crippen LogP contribution < -0.4 is 26.4 Å². The van der Waals surface area contributed by atoms with Gasteiger partial charge in [0.1, 0.15) is 20.0 Å². The van der Waals surface area contributed by atoms with Gasteiger partial charge in [0.15, 0.2) is 0 Å². The first-order valence-corrected chi connectivity index (χ1v) is 46.2. The van der Waals surface area contributed by atoms with E-state index in [1.54, 1.807) is 72.0 Å². The first kappa shape index (κ1) is 96.7. The van der Waals surface area contributed by atoms with Crippen LogP contribution in [-0.2, 0) is 95.3 Å². The maximum Gasteiger partial charge on any atom is 0.357 e. The highest BCUT2D eigenvalue weighted by Gasteiger charge is 2.31. The molecule has 24 nitrogen and oxygen atoms in total. The summed E-state index contributed by atoms with van der Waals surface area (Å²) in [5.74, 6) is -1.32. The number of aryl methyl sites for hydroxylation is 4. The zero-order valence-corrected chi connectivity index (χ0v) is 76.1. The lowest BCUT2D eigenvalue weighted by atomic mass is 9.90. The molecule has 656 valence electrons. The highest BCUT2D eigenvalue weighted by Crippen LogP contribution is 2.33. The standard InChI is InChI=1S/C28H29N3O4S2.2C28H27N3O3S.C13H15N3O2S.BrH/c1-2-23-19-36-28(29-23)26(18-21-13-15-24(16-14-21)31-37(33,34)35)30-27(32)25(22-11-7-4-8-12-22)17-20-9-5-3-6-10-20;2*1-2-23-19-35-28(29-23)26(18-21-13-15-24(16-14-21)31(33)34)30-27(32)25(22-11-7-4-8-12-22)17-20-9-5-3-6-10-20;1-2-10-8-19-13(15-10)12(14)7-9-3-5-11(6-4-9)16(17)18;/h3-16,19,25-26,31H,2,17-18H2,1H3,(H,30,32)(H,33,34,35);2*3-16,19,25-26H,2,17-18H2,1H3,(H,30,32);3-6,8,12H,2,7,14H2,1H3;1H/t3*25?,26-;12-;/m0000./s1. The molecule has 0 bridgehead atoms. The van der Waals surface area contributed by atoms with E-state index in [1.165, 1.54) is 70.4 Å². The minimum Gasteiger partial charge on any atom is -0.346 e. The minimum absolute atomic E-state index is 0. The molecule has 3 amide bonds. The summed E-state index contributed by atoms with van der Waals surface area (Å²) >= 11 is 6.14. The number of nitrogens with two attached hydrogens (primary N) is 1. The number of non-ortho nitro benzene ring substituents is 3. The van der Waals surface area contributed by atoms with Gasteiger partial charge in [-0.05, 0) is 138 Å². The molecule has 14 rings (SSSR count). The number of hydrogen-bond donors (Lipinski definition) is 6. The Morgan fingerprint density at radius 1 is 0.346 bits per heavy atom. The minimum atomic E-state index is -4.35. The molecule has 0 aliphatic carbocycles. The number of carbonyl (C=O) groups is 3. The number of nitrogens with zero attached hydrogens (tertiary/aromatic N) is 7. The topological polar surface area (TPSA) is 361 Å². The number of hydrogen-bond acceptors (Lipinski definition) is 20. The molecule has 14 aromatic rings. The number of benzene rings is 10. The van der Waals surface area contributed by atoms with Crippen molar-refractivity contribution >= 4 is 113 Å². The quantitative estimate of drug-likeness (QED) is 0.0121. The van der Waals surface area contributed by atoms with Crippen LogP contribution in [0.3, 0.4) is 0 Å². The van der Waals surface area contributed by atoms with Crippen molar-refractivity contribution in [1.82, 2.24) is 35.9 Å². The number of nitro groups is 3. The van der Waals surface area contributed by atoms with E-state index < -0.39 is 25.1 Å². The predicted octanol–water partition coefficient (Wildman–Crippen LogP) is 20.9. The first-order valence-electron chi connectivity index (χ1n) is 41.2. The van der Waals surface area contributed by atoms with Crippen molar-refractivity contribution < 1.29 is 42.1 Å². The second-order valence-electron chi connectivity index (χ2n) is 29.7. The number of carbonyl (C=O) groups excluding carboxylic acids is 3. The van der Waals surface area contributed by atoms with Crippen molar-refractivity contribution in [3.8, 4) is 0 Å². The lowest BCUT2D eigenvalue weighted by Gasteiger charge is -2.22. The molecular formula is C97H99BrN12O12S5. The van der Waals surface area contributed by atoms with Crippen LogP contribution in [0.2, 0.25) is 0 Å². The third kappa shape index (κ3) is 30.1. The van der Waals surface area contributed by atoms with E-state index in [-0.39, 0.29) is 99.4 Å². The van der Waals surface area contributed by atoms with Crippen molar-refractivity contribution in [2.75, 3.05) is 4.72 Å². The molecule has 127 heavy (non-hydrogen) atoms. The zero-order chi connectivity index (χ0) is 89.3. The number of nitrogens with one attached hydrogen (secondary N) is 4. The van der Waals surface area contributed by atoms with Gasteiger partial charge in [-0.3, -0.25) is 54.0 Å². The molecule has 0 spiro atoms. The molecule has 4 aromatic heterocycles. The maximum atomic E-state index is 13.8. The summed E-state index contributed by atoms with van der Waals surface area (Å²) in [6.45, 7) is 8.20. The lowest BCUT2D eigenvalue weighted by molar-refractivity contribution is -0.385. The molecule has 7 atom stereocenters. The van der Waals surface area contributed by atoms with Crippen molar-refractivity contribution in [1.29, 1.82) is 0 Å². The Kier molecular flexibility index (Phi) is 37.2. The van der Waals surface area contributed by atoms with Crippen LogP contribution in [0.1, 0.15) is 168 Å². The van der Waals surface area contributed by atoms with E-state index in [1.807, 2.05) is 229 Å². The summed E-state index contributed by atoms with van der Waals surface area (Å²) in [7, 11) is -4.35. The third-order valence-electron chi connectivity index (χ3n) is 20.7. The van der Waals surface area contributed by atoms with Crippen molar-refractivity contribution in [3.05, 3.63) is 429 Å². The summed E-state index contributed by atoms with van der Waals surface area (Å²) in [5.41, 5.74) is 20.3. The summed E-state index contributed by atoms with van der Waals surface area (Å²) in [4.78, 5) is 91.3. The molecule has 0 aliphatic heterocycles. The summed E-state index contributed by atoms with van der Waals surface area (Å²) in [6.07, 6.45) is 7.16. The van der Waals surface area contributed by atoms with Crippen LogP contribution in [0.4, 0.5) is 22.7 Å². The molecule has 0 fully saturated rings. The largest absolute Gasteiger partial charge is 0.357 e. The van der Waals surface area contributed by atoms with Crippen molar-refractivity contribution in [3.63, 3.8) is 0 Å². The Morgan fingerprint density at radius 3 is 0.819 bits per heavy atom. The van der Waals surface area contributed by atoms with Gasteiger partial charge in [0, 0.05) is 57.9 Å². The van der Waals surface area contributed by atoms with Gasteiger partial charge in [-0.2, -0.15) is 8.42 Å². The average molecular weight is 1870 g/mol. The second kappa shape index (κ2) is 48.8. The molecular weight excluding hydrogens is 1770 g/mol. The molecule has 10 aromatic carbocycles. The summed E-state index contributed by atoms with van der Waals surface area (Å²) in [6, 6.07) is 84.2. The average Bonchev–Trinajstić information content (AvgIpc) is 1.81. The Morgan fingerprint density at radius 2 is 0.575 bits per heavy atom. The Balaban J connectivity index is 0.000000180. The fraction of sp³-hybridized carbons (Fsp3) is 0.227. The Bertz CT molecular complexity index is 5710. The van der Waals surface area contributed by atoms with Gasteiger partial charge < -0.3 is 21.7 Å². The predicted molar refractivity (Wildman–Crippen MR) is 510 cm³/mol. The second-order valence-corrected chi connectivity index (χ2v) is 34.4. The van der Waals surface area contributed by atoms with E-state index in [4.69, 9.17) is 25.2 Å². The summed E-state index contributed by atoms with van der Waals surface area (Å²) < 4.78 is 33.3. The van der Waals surface area contributed by atoms with E-state index >= 15 is 0 Å². The molecule has 0 saturated heterocycles. The lowest BCUT2D eigenvalue weighted by Crippen LogP contribution is -2.35.